The van der Waals surface area contributed by atoms with Crippen molar-refractivity contribution >= 4 is 11.8 Å². The molecular formula is C14H22N4. The first-order valence-corrected chi connectivity index (χ1v) is 7.08. The first kappa shape index (κ1) is 11.8. The molecule has 4 heteroatoms. The SMILES string of the molecule is Cc1cc(N2CCCC(C)C2)nc(NC2CC2)n1. The third-order valence-corrected chi connectivity index (χ3v) is 3.73. The minimum absolute atomic E-state index is 0.611. The summed E-state index contributed by atoms with van der Waals surface area (Å²) in [5.74, 6) is 2.68. The van der Waals surface area contributed by atoms with E-state index in [0.29, 0.717) is 6.04 Å². The molecule has 1 aliphatic heterocycles. The van der Waals surface area contributed by atoms with E-state index < -0.39 is 0 Å². The summed E-state index contributed by atoms with van der Waals surface area (Å²) in [6.45, 7) is 6.63. The fourth-order valence-electron chi connectivity index (χ4n) is 2.59. The van der Waals surface area contributed by atoms with E-state index in [2.05, 4.69) is 40.1 Å². The maximum atomic E-state index is 4.68. The number of hydrogen-bond donors (Lipinski definition) is 1. The number of anilines is 2. The number of rotatable bonds is 3. The van der Waals surface area contributed by atoms with Gasteiger partial charge < -0.3 is 10.2 Å². The van der Waals surface area contributed by atoms with Crippen LogP contribution in [-0.2, 0) is 0 Å². The average Bonchev–Trinajstić information content (AvgIpc) is 3.12. The van der Waals surface area contributed by atoms with Crippen molar-refractivity contribution in [2.24, 2.45) is 5.92 Å². The Morgan fingerprint density at radius 3 is 2.83 bits per heavy atom. The van der Waals surface area contributed by atoms with E-state index in [1.54, 1.807) is 0 Å². The van der Waals surface area contributed by atoms with Crippen LogP contribution >= 0.6 is 0 Å². The second kappa shape index (κ2) is 4.75. The molecule has 0 aromatic carbocycles. The molecule has 1 atom stereocenters. The molecule has 1 aromatic heterocycles. The van der Waals surface area contributed by atoms with Crippen molar-refractivity contribution in [2.45, 2.75) is 45.6 Å². The van der Waals surface area contributed by atoms with Gasteiger partial charge in [0.05, 0.1) is 0 Å². The van der Waals surface area contributed by atoms with Gasteiger partial charge in [-0.05, 0) is 38.5 Å². The van der Waals surface area contributed by atoms with Crippen LogP contribution in [0.4, 0.5) is 11.8 Å². The minimum Gasteiger partial charge on any atom is -0.356 e. The third kappa shape index (κ3) is 2.74. The topological polar surface area (TPSA) is 41.1 Å². The van der Waals surface area contributed by atoms with Crippen LogP contribution in [0.15, 0.2) is 6.07 Å². The fraction of sp³-hybridized carbons (Fsp3) is 0.714. The van der Waals surface area contributed by atoms with E-state index in [4.69, 9.17) is 0 Å². The van der Waals surface area contributed by atoms with Crippen molar-refractivity contribution in [3.8, 4) is 0 Å². The number of hydrogen-bond acceptors (Lipinski definition) is 4. The van der Waals surface area contributed by atoms with Crippen LogP contribution in [0.1, 0.15) is 38.3 Å². The van der Waals surface area contributed by atoms with E-state index in [0.717, 1.165) is 36.5 Å². The first-order chi connectivity index (χ1) is 8.70. The highest BCUT2D eigenvalue weighted by atomic mass is 15.2. The van der Waals surface area contributed by atoms with Gasteiger partial charge in [0.25, 0.3) is 0 Å². The van der Waals surface area contributed by atoms with E-state index in [1.807, 2.05) is 0 Å². The molecule has 0 spiro atoms. The van der Waals surface area contributed by atoms with Gasteiger partial charge >= 0.3 is 0 Å². The zero-order chi connectivity index (χ0) is 12.5. The van der Waals surface area contributed by atoms with Gasteiger partial charge in [-0.2, -0.15) is 4.98 Å². The van der Waals surface area contributed by atoms with Crippen LogP contribution in [0.2, 0.25) is 0 Å². The first-order valence-electron chi connectivity index (χ1n) is 7.08. The molecule has 1 aliphatic carbocycles. The van der Waals surface area contributed by atoms with Crippen LogP contribution in [-0.4, -0.2) is 29.1 Å². The Morgan fingerprint density at radius 2 is 2.11 bits per heavy atom. The van der Waals surface area contributed by atoms with Crippen molar-refractivity contribution in [3.05, 3.63) is 11.8 Å². The molecule has 98 valence electrons. The molecule has 1 aromatic rings. The second-order valence-electron chi connectivity index (χ2n) is 5.80. The highest BCUT2D eigenvalue weighted by Crippen LogP contribution is 2.26. The molecule has 2 aliphatic rings. The maximum absolute atomic E-state index is 4.68. The van der Waals surface area contributed by atoms with Gasteiger partial charge in [-0.15, -0.1) is 0 Å². The molecule has 0 bridgehead atoms. The molecule has 2 heterocycles. The lowest BCUT2D eigenvalue weighted by atomic mass is 10.0. The summed E-state index contributed by atoms with van der Waals surface area (Å²) in [7, 11) is 0. The summed E-state index contributed by atoms with van der Waals surface area (Å²) < 4.78 is 0. The minimum atomic E-state index is 0.611. The van der Waals surface area contributed by atoms with Crippen molar-refractivity contribution in [1.82, 2.24) is 9.97 Å². The van der Waals surface area contributed by atoms with Crippen molar-refractivity contribution in [1.29, 1.82) is 0 Å². The number of aryl methyl sites for hydroxylation is 1. The highest BCUT2D eigenvalue weighted by Gasteiger charge is 2.23. The number of aromatic nitrogens is 2. The van der Waals surface area contributed by atoms with E-state index in [1.165, 1.54) is 25.7 Å². The lowest BCUT2D eigenvalue weighted by molar-refractivity contribution is 0.444. The van der Waals surface area contributed by atoms with E-state index in [9.17, 15) is 0 Å². The van der Waals surface area contributed by atoms with E-state index in [-0.39, 0.29) is 0 Å². The molecule has 1 unspecified atom stereocenters. The molecule has 1 saturated carbocycles. The van der Waals surface area contributed by atoms with Crippen LogP contribution in [0.5, 0.6) is 0 Å². The zero-order valence-electron chi connectivity index (χ0n) is 11.3. The Labute approximate surface area is 109 Å². The zero-order valence-corrected chi connectivity index (χ0v) is 11.3. The van der Waals surface area contributed by atoms with Crippen LogP contribution in [0, 0.1) is 12.8 Å². The summed E-state index contributed by atoms with van der Waals surface area (Å²) in [5.41, 5.74) is 1.06. The lowest BCUT2D eigenvalue weighted by Crippen LogP contribution is -2.35. The van der Waals surface area contributed by atoms with Gasteiger partial charge in [0.15, 0.2) is 0 Å². The second-order valence-corrected chi connectivity index (χ2v) is 5.80. The Kier molecular flexibility index (Phi) is 3.10. The van der Waals surface area contributed by atoms with Crippen LogP contribution in [0.3, 0.4) is 0 Å². The third-order valence-electron chi connectivity index (χ3n) is 3.73. The van der Waals surface area contributed by atoms with Crippen LogP contribution < -0.4 is 10.2 Å². The Balaban J connectivity index is 1.78. The molecule has 3 rings (SSSR count). The molecule has 1 N–H and O–H groups in total. The maximum Gasteiger partial charge on any atom is 0.225 e. The summed E-state index contributed by atoms with van der Waals surface area (Å²) >= 11 is 0. The Bertz CT molecular complexity index is 428. The Morgan fingerprint density at radius 1 is 1.28 bits per heavy atom. The number of piperidine rings is 1. The fourth-order valence-corrected chi connectivity index (χ4v) is 2.59. The summed E-state index contributed by atoms with van der Waals surface area (Å²) in [5, 5.41) is 3.40. The van der Waals surface area contributed by atoms with Gasteiger partial charge in [-0.3, -0.25) is 0 Å². The monoisotopic (exact) mass is 246 g/mol. The van der Waals surface area contributed by atoms with Crippen molar-refractivity contribution in [3.63, 3.8) is 0 Å². The summed E-state index contributed by atoms with van der Waals surface area (Å²) in [6, 6.07) is 2.72. The normalized spacial score (nSPS) is 24.1. The van der Waals surface area contributed by atoms with Crippen molar-refractivity contribution < 1.29 is 0 Å². The predicted octanol–water partition coefficient (Wildman–Crippen LogP) is 2.60. The molecule has 0 radical (unpaired) electrons. The largest absolute Gasteiger partial charge is 0.356 e. The van der Waals surface area contributed by atoms with Gasteiger partial charge in [-0.25, -0.2) is 4.98 Å². The molecule has 1 saturated heterocycles. The van der Waals surface area contributed by atoms with Crippen LogP contribution in [0.25, 0.3) is 0 Å². The van der Waals surface area contributed by atoms with Gasteiger partial charge in [0.1, 0.15) is 5.82 Å². The summed E-state index contributed by atoms with van der Waals surface area (Å²) in [4.78, 5) is 11.6. The number of nitrogens with one attached hydrogen (secondary N) is 1. The Hall–Kier alpha value is -1.32. The van der Waals surface area contributed by atoms with Gasteiger partial charge in [0, 0.05) is 30.9 Å². The molecule has 4 nitrogen and oxygen atoms in total. The molecular weight excluding hydrogens is 224 g/mol. The standard InChI is InChI=1S/C14H22N4/c1-10-4-3-7-18(9-10)13-8-11(2)15-14(17-13)16-12-5-6-12/h8,10,12H,3-7,9H2,1-2H3,(H,15,16,17). The van der Waals surface area contributed by atoms with Crippen molar-refractivity contribution in [2.75, 3.05) is 23.3 Å². The molecule has 2 fully saturated rings. The summed E-state index contributed by atoms with van der Waals surface area (Å²) in [6.07, 6.45) is 5.13. The van der Waals surface area contributed by atoms with E-state index >= 15 is 0 Å². The quantitative estimate of drug-likeness (QED) is 0.890. The predicted molar refractivity (Wildman–Crippen MR) is 74.0 cm³/mol. The number of nitrogens with zero attached hydrogens (tertiary/aromatic N) is 3. The van der Waals surface area contributed by atoms with Gasteiger partial charge in [-0.1, -0.05) is 6.92 Å². The highest BCUT2D eigenvalue weighted by molar-refractivity contribution is 5.45. The molecule has 0 amide bonds. The average molecular weight is 246 g/mol. The van der Waals surface area contributed by atoms with Gasteiger partial charge in [0.2, 0.25) is 5.95 Å². The molecule has 18 heavy (non-hydrogen) atoms. The lowest BCUT2D eigenvalue weighted by Gasteiger charge is -2.32. The smallest absolute Gasteiger partial charge is 0.225 e.